The lowest BCUT2D eigenvalue weighted by molar-refractivity contribution is 0.914. The highest BCUT2D eigenvalue weighted by molar-refractivity contribution is 7.94. The lowest BCUT2D eigenvalue weighted by Crippen LogP contribution is -2.00. The fraction of sp³-hybridized carbons (Fsp3) is 0.182. The summed E-state index contributed by atoms with van der Waals surface area (Å²) in [5.41, 5.74) is 6.70. The molecule has 0 saturated heterocycles. The minimum absolute atomic E-state index is 0.300. The van der Waals surface area contributed by atoms with E-state index < -0.39 is 0 Å². The van der Waals surface area contributed by atoms with Gasteiger partial charge in [0.15, 0.2) is 0 Å². The number of aryl methyl sites for hydroxylation is 1. The SMILES string of the molecule is C=C.Cc1ccccc1C1=C(Cc2ccc(SF)cc2)CCC=C1. The Morgan fingerprint density at radius 3 is 2.42 bits per heavy atom. The fourth-order valence-electron chi connectivity index (χ4n) is 2.96. The Hall–Kier alpha value is -2.06. The molecule has 0 aromatic heterocycles. The highest BCUT2D eigenvalue weighted by atomic mass is 32.2. The van der Waals surface area contributed by atoms with Crippen molar-refractivity contribution in [1.29, 1.82) is 0 Å². The van der Waals surface area contributed by atoms with Gasteiger partial charge >= 0.3 is 0 Å². The van der Waals surface area contributed by atoms with Gasteiger partial charge in [-0.25, -0.2) is 0 Å². The number of hydrogen-bond acceptors (Lipinski definition) is 1. The van der Waals surface area contributed by atoms with Crippen LogP contribution in [-0.4, -0.2) is 0 Å². The largest absolute Gasteiger partial charge is 0.160 e. The molecular formula is C22H23FS. The first-order chi connectivity index (χ1) is 11.8. The second-order valence-corrected chi connectivity index (χ2v) is 6.30. The zero-order valence-corrected chi connectivity index (χ0v) is 14.9. The van der Waals surface area contributed by atoms with Crippen molar-refractivity contribution < 1.29 is 3.89 Å². The van der Waals surface area contributed by atoms with E-state index in [0.717, 1.165) is 19.3 Å². The standard InChI is InChI=1S/C20H19FS.C2H4/c1-15-6-2-4-8-19(15)20-9-5-3-7-17(20)14-16-10-12-18(22-21)13-11-16;1-2/h2,4-6,8-13H,3,7,14H2,1H3;1-2H2. The number of allylic oxidation sites excluding steroid dienone is 4. The first kappa shape index (κ1) is 18.3. The molecule has 124 valence electrons. The molecule has 0 unspecified atom stereocenters. The second kappa shape index (κ2) is 9.29. The average molecular weight is 338 g/mol. The summed E-state index contributed by atoms with van der Waals surface area (Å²) in [6.07, 6.45) is 7.65. The van der Waals surface area contributed by atoms with Gasteiger partial charge in [0.2, 0.25) is 0 Å². The maximum Gasteiger partial charge on any atom is 0.0812 e. The summed E-state index contributed by atoms with van der Waals surface area (Å²) in [6, 6.07) is 16.3. The summed E-state index contributed by atoms with van der Waals surface area (Å²) in [5, 5.41) is 0. The molecule has 1 aliphatic carbocycles. The first-order valence-corrected chi connectivity index (χ1v) is 8.81. The third kappa shape index (κ3) is 4.48. The van der Waals surface area contributed by atoms with Crippen LogP contribution in [0.25, 0.3) is 5.57 Å². The van der Waals surface area contributed by atoms with Crippen molar-refractivity contribution >= 4 is 17.7 Å². The predicted molar refractivity (Wildman–Crippen MR) is 105 cm³/mol. The van der Waals surface area contributed by atoms with Crippen molar-refractivity contribution in [1.82, 2.24) is 0 Å². The van der Waals surface area contributed by atoms with Gasteiger partial charge in [-0.15, -0.1) is 13.2 Å². The van der Waals surface area contributed by atoms with Crippen LogP contribution in [-0.2, 0) is 6.42 Å². The van der Waals surface area contributed by atoms with E-state index in [4.69, 9.17) is 0 Å². The summed E-state index contributed by atoms with van der Waals surface area (Å²) >= 11 is 0.300. The van der Waals surface area contributed by atoms with Crippen LogP contribution in [0, 0.1) is 6.92 Å². The molecule has 3 rings (SSSR count). The fourth-order valence-corrected chi connectivity index (χ4v) is 3.19. The van der Waals surface area contributed by atoms with Crippen molar-refractivity contribution in [3.05, 3.63) is 96.1 Å². The molecule has 0 N–H and O–H groups in total. The Morgan fingerprint density at radius 2 is 1.75 bits per heavy atom. The van der Waals surface area contributed by atoms with Crippen LogP contribution in [0.2, 0.25) is 0 Å². The molecule has 0 spiro atoms. The highest BCUT2D eigenvalue weighted by Crippen LogP contribution is 2.32. The van der Waals surface area contributed by atoms with Gasteiger partial charge in [0.05, 0.1) is 12.1 Å². The molecular weight excluding hydrogens is 315 g/mol. The predicted octanol–water partition coefficient (Wildman–Crippen LogP) is 7.12. The summed E-state index contributed by atoms with van der Waals surface area (Å²) in [4.78, 5) is 0.667. The molecule has 24 heavy (non-hydrogen) atoms. The van der Waals surface area contributed by atoms with Gasteiger partial charge in [-0.05, 0) is 60.6 Å². The van der Waals surface area contributed by atoms with E-state index in [0.29, 0.717) is 17.0 Å². The molecule has 1 aliphatic rings. The van der Waals surface area contributed by atoms with E-state index in [2.05, 4.69) is 56.5 Å². The van der Waals surface area contributed by atoms with E-state index in [1.807, 2.05) is 24.3 Å². The van der Waals surface area contributed by atoms with Crippen LogP contribution in [0.1, 0.15) is 29.5 Å². The second-order valence-electron chi connectivity index (χ2n) is 5.67. The van der Waals surface area contributed by atoms with Gasteiger partial charge in [-0.2, -0.15) is 3.89 Å². The maximum absolute atomic E-state index is 12.5. The first-order valence-electron chi connectivity index (χ1n) is 8.10. The Balaban J connectivity index is 0.00000100. The lowest BCUT2D eigenvalue weighted by Gasteiger charge is -2.18. The van der Waals surface area contributed by atoms with Crippen LogP contribution in [0.15, 0.2) is 84.3 Å². The minimum Gasteiger partial charge on any atom is -0.160 e. The molecule has 0 radical (unpaired) electrons. The van der Waals surface area contributed by atoms with E-state index in [1.54, 1.807) is 0 Å². The molecule has 0 saturated carbocycles. The molecule has 0 fully saturated rings. The van der Waals surface area contributed by atoms with Gasteiger partial charge in [-0.1, -0.05) is 54.1 Å². The normalized spacial score (nSPS) is 13.4. The molecule has 2 aromatic rings. The molecule has 0 amide bonds. The topological polar surface area (TPSA) is 0 Å². The third-order valence-corrected chi connectivity index (χ3v) is 4.59. The lowest BCUT2D eigenvalue weighted by atomic mass is 9.87. The molecule has 2 heteroatoms. The number of halogens is 1. The van der Waals surface area contributed by atoms with Crippen molar-refractivity contribution in [3.63, 3.8) is 0 Å². The Bertz CT molecular complexity index is 726. The Kier molecular flexibility index (Phi) is 7.07. The van der Waals surface area contributed by atoms with Crippen LogP contribution < -0.4 is 0 Å². The number of benzene rings is 2. The molecule has 0 bridgehead atoms. The average Bonchev–Trinajstić information content (AvgIpc) is 2.65. The van der Waals surface area contributed by atoms with E-state index in [-0.39, 0.29) is 0 Å². The van der Waals surface area contributed by atoms with Crippen molar-refractivity contribution in [2.75, 3.05) is 0 Å². The maximum atomic E-state index is 12.5. The van der Waals surface area contributed by atoms with Crippen LogP contribution >= 0.6 is 12.1 Å². The van der Waals surface area contributed by atoms with Gasteiger partial charge in [0, 0.05) is 4.90 Å². The van der Waals surface area contributed by atoms with Crippen LogP contribution in [0.4, 0.5) is 3.89 Å². The molecule has 2 aromatic carbocycles. The molecule has 0 aliphatic heterocycles. The van der Waals surface area contributed by atoms with E-state index in [9.17, 15) is 3.89 Å². The molecule has 0 nitrogen and oxygen atoms in total. The monoisotopic (exact) mass is 338 g/mol. The van der Waals surface area contributed by atoms with E-state index in [1.165, 1.54) is 27.8 Å². The smallest absolute Gasteiger partial charge is 0.0812 e. The van der Waals surface area contributed by atoms with Crippen molar-refractivity contribution in [3.8, 4) is 0 Å². The van der Waals surface area contributed by atoms with Gasteiger partial charge in [0.1, 0.15) is 0 Å². The summed E-state index contributed by atoms with van der Waals surface area (Å²) < 4.78 is 12.5. The quantitative estimate of drug-likeness (QED) is 0.535. The van der Waals surface area contributed by atoms with Gasteiger partial charge in [-0.3, -0.25) is 0 Å². The Labute approximate surface area is 149 Å². The molecule has 0 atom stereocenters. The third-order valence-electron chi connectivity index (χ3n) is 4.14. The zero-order valence-electron chi connectivity index (χ0n) is 14.1. The van der Waals surface area contributed by atoms with Crippen molar-refractivity contribution in [2.24, 2.45) is 0 Å². The van der Waals surface area contributed by atoms with Crippen LogP contribution in [0.5, 0.6) is 0 Å². The van der Waals surface area contributed by atoms with Gasteiger partial charge < -0.3 is 0 Å². The van der Waals surface area contributed by atoms with Crippen molar-refractivity contribution in [2.45, 2.75) is 31.1 Å². The number of hydrogen-bond donors (Lipinski definition) is 0. The zero-order chi connectivity index (χ0) is 17.4. The molecule has 0 heterocycles. The van der Waals surface area contributed by atoms with Crippen LogP contribution in [0.3, 0.4) is 0 Å². The Morgan fingerprint density at radius 1 is 1.04 bits per heavy atom. The van der Waals surface area contributed by atoms with Gasteiger partial charge in [0.25, 0.3) is 0 Å². The number of rotatable bonds is 4. The summed E-state index contributed by atoms with van der Waals surface area (Å²) in [7, 11) is 0. The summed E-state index contributed by atoms with van der Waals surface area (Å²) in [6.45, 7) is 8.16. The highest BCUT2D eigenvalue weighted by Gasteiger charge is 2.12. The van der Waals surface area contributed by atoms with E-state index >= 15 is 0 Å². The minimum atomic E-state index is 0.300. The summed E-state index contributed by atoms with van der Waals surface area (Å²) in [5.74, 6) is 0.